The van der Waals surface area contributed by atoms with Gasteiger partial charge in [0.1, 0.15) is 0 Å². The Balaban J connectivity index is 0.000000114. The third-order valence-electron chi connectivity index (χ3n) is 28.7. The lowest BCUT2D eigenvalue weighted by molar-refractivity contribution is 0.921. The molecular formula is C144H102. The van der Waals surface area contributed by atoms with Crippen LogP contribution >= 0.6 is 0 Å². The van der Waals surface area contributed by atoms with Crippen molar-refractivity contribution in [3.8, 4) is 66.8 Å². The molecule has 0 bridgehead atoms. The van der Waals surface area contributed by atoms with Gasteiger partial charge in [-0.05, 0) is 305 Å². The summed E-state index contributed by atoms with van der Waals surface area (Å²) in [6, 6.07) is 90.1. The molecule has 0 saturated heterocycles. The highest BCUT2D eigenvalue weighted by atomic mass is 14.3. The summed E-state index contributed by atoms with van der Waals surface area (Å²) in [7, 11) is 0. The first kappa shape index (κ1) is 60.3. The number of hydrogen-bond donors (Lipinski definition) is 0. The van der Waals surface area contributed by atoms with Crippen molar-refractivity contribution in [2.75, 3.05) is 0 Å². The third kappa shape index (κ3) is 15.8. The van der Waals surface area contributed by atoms with Crippen LogP contribution in [0.2, 0.25) is 0 Å². The second-order valence-electron chi connectivity index (χ2n) is 36.6. The third-order valence-corrected chi connectivity index (χ3v) is 28.7. The average molecular weight is 1860 g/mol. The van der Waals surface area contributed by atoms with Gasteiger partial charge < -0.3 is 0 Å². The van der Waals surface area contributed by atoms with Crippen molar-refractivity contribution in [2.45, 2.75) is 50.4 Å². The van der Waals surface area contributed by atoms with Crippen molar-refractivity contribution < 1.29 is 41.1 Å². The topological polar surface area (TPSA) is 0 Å². The molecule has 0 nitrogen and oxygen atoms in total. The van der Waals surface area contributed by atoms with E-state index in [1.54, 1.807) is 24.3 Å². The molecule has 29 rings (SSSR count). The molecule has 25 aromatic rings. The average Bonchev–Trinajstić information content (AvgIpc) is 0.678. The van der Waals surface area contributed by atoms with Crippen LogP contribution in [0.5, 0.6) is 0 Å². The van der Waals surface area contributed by atoms with Crippen molar-refractivity contribution in [3.63, 3.8) is 0 Å². The smallest absolute Gasteiger partial charge is 0.0636 e. The van der Waals surface area contributed by atoms with E-state index in [2.05, 4.69) is 273 Å². The highest BCUT2D eigenvalue weighted by molar-refractivity contribution is 6.26. The molecule has 0 fully saturated rings. The van der Waals surface area contributed by atoms with Crippen LogP contribution in [0.15, 0.2) is 497 Å². The lowest BCUT2D eigenvalue weighted by Gasteiger charge is -2.24. The molecule has 0 saturated carbocycles. The van der Waals surface area contributed by atoms with E-state index in [1.807, 2.05) is 54.6 Å². The number of fused-ring (bicyclic) bond motifs is 15. The molecule has 678 valence electrons. The van der Waals surface area contributed by atoms with Crippen LogP contribution in [0.25, 0.3) is 233 Å². The SMILES string of the molecule is C1=c2ccccc2=CC(c2c3ccccc3c(C3=c4ccccc4=CCC3)c3ccccc23)C1.C1=c2ccccc2=CC(c2ccc(-c3c4ccccc4c(C4=c5ccccc5=CCC4)c4ccccc34)cc2)C1.[2H]c1c([2H])c([2H])c2c(-c3ccc(-c4cccc5ccccc45)cc3)c3c([2H])c([2H])c([2H])c([2H])c3c(-c3ccccc3)c2c1[2H].[2H]c1c([2H])c([2H])c2c([2H])c(-c3c4c([2H])c([2H])c([2H])c([2H])c4c(-c4c([2H])c([2H])c([2H])c5c([2H])c([2H])c([2H])c([2H])c45)c4c([2H])c([2H])c([2H])c([2H])c34)c([2H])c([2H])c2c1[2H]. The van der Waals surface area contributed by atoms with Gasteiger partial charge >= 0.3 is 0 Å². The van der Waals surface area contributed by atoms with E-state index in [4.69, 9.17) is 34.3 Å². The predicted octanol–water partition coefficient (Wildman–Crippen LogP) is 32.5. The highest BCUT2D eigenvalue weighted by Gasteiger charge is 2.27. The lowest BCUT2D eigenvalue weighted by Crippen LogP contribution is -2.29. The summed E-state index contributed by atoms with van der Waals surface area (Å²) in [5.41, 5.74) is 12.5. The van der Waals surface area contributed by atoms with Gasteiger partial charge in [0.05, 0.1) is 41.1 Å². The molecule has 0 heteroatoms. The number of rotatable bonds is 10. The van der Waals surface area contributed by atoms with Crippen molar-refractivity contribution in [1.82, 2.24) is 0 Å². The second kappa shape index (κ2) is 37.8. The molecule has 0 spiro atoms. The van der Waals surface area contributed by atoms with E-state index in [1.165, 1.54) is 129 Å². The van der Waals surface area contributed by atoms with Crippen LogP contribution < -0.4 is 41.7 Å². The number of hydrogen-bond acceptors (Lipinski definition) is 0. The first-order valence-corrected chi connectivity index (χ1v) is 48.6. The molecule has 0 aliphatic heterocycles. The van der Waals surface area contributed by atoms with Gasteiger partial charge in [-0.25, -0.2) is 0 Å². The molecule has 144 heavy (non-hydrogen) atoms. The first-order chi connectivity index (χ1) is 84.0. The van der Waals surface area contributed by atoms with E-state index in [-0.39, 0.29) is 45.7 Å². The van der Waals surface area contributed by atoms with Crippen LogP contribution in [0.1, 0.15) is 114 Å². The maximum Gasteiger partial charge on any atom is 0.0636 e. The summed E-state index contributed by atoms with van der Waals surface area (Å²) >= 11 is 0. The van der Waals surface area contributed by atoms with E-state index >= 15 is 0 Å². The van der Waals surface area contributed by atoms with Crippen molar-refractivity contribution in [2.24, 2.45) is 0 Å². The molecule has 4 aliphatic carbocycles. The van der Waals surface area contributed by atoms with Gasteiger partial charge in [0.15, 0.2) is 0 Å². The Bertz CT molecular complexity index is 11700. The Morgan fingerprint density at radius 1 is 0.188 bits per heavy atom. The summed E-state index contributed by atoms with van der Waals surface area (Å²) in [5, 5.41) is 20.1. The molecule has 25 aromatic carbocycles. The minimum atomic E-state index is -0.915. The van der Waals surface area contributed by atoms with E-state index in [0.717, 1.165) is 60.4 Å². The summed E-state index contributed by atoms with van der Waals surface area (Å²) in [6.07, 6.45) is 20.9. The maximum absolute atomic E-state index is 9.32. The van der Waals surface area contributed by atoms with Gasteiger partial charge in [-0.3, -0.25) is 0 Å². The van der Waals surface area contributed by atoms with Crippen LogP contribution in [0, 0.1) is 0 Å². The van der Waals surface area contributed by atoms with Crippen LogP contribution in [-0.4, -0.2) is 0 Å². The number of benzene rings is 25. The fraction of sp³-hybridized carbons (Fsp3) is 0.0556. The van der Waals surface area contributed by atoms with Crippen LogP contribution in [0.4, 0.5) is 0 Å². The maximum atomic E-state index is 9.32. The molecule has 0 aromatic heterocycles. The zero-order valence-corrected chi connectivity index (χ0v) is 77.9. The van der Waals surface area contributed by atoms with Gasteiger partial charge in [-0.15, -0.1) is 0 Å². The molecule has 0 heterocycles. The minimum Gasteiger partial charge on any atom is -0.0763 e. The predicted molar refractivity (Wildman–Crippen MR) is 619 cm³/mol. The lowest BCUT2D eigenvalue weighted by atomic mass is 9.79. The quantitative estimate of drug-likeness (QED) is 0.120. The minimum absolute atomic E-state index is 0.213. The summed E-state index contributed by atoms with van der Waals surface area (Å²) in [4.78, 5) is 0. The zero-order valence-electron chi connectivity index (χ0n) is 108. The van der Waals surface area contributed by atoms with E-state index in [9.17, 15) is 6.85 Å². The van der Waals surface area contributed by atoms with E-state index < -0.39 is 222 Å². The fourth-order valence-corrected chi connectivity index (χ4v) is 22.3. The van der Waals surface area contributed by atoms with Crippen LogP contribution in [0.3, 0.4) is 0 Å². The Hall–Kier alpha value is -17.7. The van der Waals surface area contributed by atoms with E-state index in [0.29, 0.717) is 34.1 Å². The fourth-order valence-electron chi connectivity index (χ4n) is 22.3. The Morgan fingerprint density at radius 3 is 1.06 bits per heavy atom. The summed E-state index contributed by atoms with van der Waals surface area (Å²) in [6.45, 7) is 0. The van der Waals surface area contributed by atoms with Crippen LogP contribution in [-0.2, 0) is 0 Å². The molecular weight excluding hydrogens is 1730 g/mol. The zero-order chi connectivity index (χ0) is 121. The Kier molecular flexibility index (Phi) is 15.8. The van der Waals surface area contributed by atoms with Gasteiger partial charge in [0.2, 0.25) is 0 Å². The van der Waals surface area contributed by atoms with Gasteiger partial charge in [0.25, 0.3) is 0 Å². The van der Waals surface area contributed by atoms with Gasteiger partial charge in [-0.2, -0.15) is 0 Å². The van der Waals surface area contributed by atoms with Gasteiger partial charge in [-0.1, -0.05) is 527 Å². The standard InChI is InChI=1S/C40H30.C36H24.C34H26.C34H22/c1-2-12-31-26-32(25-22-27(31)10-1)28-20-23-30(24-21-28)39-35-15-5-7-17-37(35)40(38-18-8-6-16-36(38)39)34-19-9-13-29-11-3-4-14-33(29)34;1-2-12-27(13-3-1)35-31-16-6-8-18-33(31)36(34-19-9-7-17-32(34)35)28-23-21-26(22-24-28)30-20-10-14-25-11-4-5-15-29(25)30;2*1-2-12-25-22-26(21-20-23(25)10-1)33-29-15-5-7-17-31(29)34(32-18-8-6-16-30(32)33)28-19-9-13-24-11-3-4-14-27(24)28/h1-8,10-18,20-24,26,32H,9,19,25H2;1-24H;1-8,10-18,20,22,26H,9,19,21H2;1-22H/i;6D,7D,8D,9D,16D,17D,18D,19D;;1D,2D,3D,4D,5D,6D,7D,8D,9D,10D,11D,12D,13D,14D,15D,16D,17D,18D,19D,20D,21D,22D. The molecule has 0 amide bonds. The van der Waals surface area contributed by atoms with Crippen molar-refractivity contribution in [1.29, 1.82) is 0 Å². The largest absolute Gasteiger partial charge is 0.0763 e. The molecule has 4 aliphatic rings. The summed E-state index contributed by atoms with van der Waals surface area (Å²) in [5.74, 6) is 0.787. The molecule has 0 radical (unpaired) electrons. The first-order valence-electron chi connectivity index (χ1n) is 63.6. The van der Waals surface area contributed by atoms with Crippen molar-refractivity contribution in [3.05, 3.63) is 561 Å². The van der Waals surface area contributed by atoms with Crippen molar-refractivity contribution >= 4 is 166 Å². The Labute approximate surface area is 880 Å². The molecule has 0 N–H and O–H groups in total. The summed E-state index contributed by atoms with van der Waals surface area (Å²) < 4.78 is 263. The normalized spacial score (nSPS) is 16.9. The monoisotopic (exact) mass is 1860 g/mol. The second-order valence-corrected chi connectivity index (χ2v) is 36.6. The Morgan fingerprint density at radius 2 is 0.542 bits per heavy atom. The molecule has 2 atom stereocenters. The van der Waals surface area contributed by atoms with Gasteiger partial charge in [0, 0.05) is 11.8 Å². The molecule has 2 unspecified atom stereocenters. The highest BCUT2D eigenvalue weighted by Crippen LogP contribution is 2.50.